The maximum absolute atomic E-state index is 14.1. The van der Waals surface area contributed by atoms with E-state index in [1.54, 1.807) is 25.9 Å². The van der Waals surface area contributed by atoms with Gasteiger partial charge in [0.15, 0.2) is 17.1 Å². The predicted octanol–water partition coefficient (Wildman–Crippen LogP) is 0.113. The Bertz CT molecular complexity index is 1500. The van der Waals surface area contributed by atoms with Crippen LogP contribution >= 0.6 is 0 Å². The van der Waals surface area contributed by atoms with Gasteiger partial charge >= 0.3 is 5.97 Å². The Morgan fingerprint density at radius 1 is 1.09 bits per heavy atom. The Morgan fingerprint density at radius 3 is 2.26 bits per heavy atom. The Morgan fingerprint density at radius 2 is 1.72 bits per heavy atom. The van der Waals surface area contributed by atoms with Gasteiger partial charge in [-0.2, -0.15) is 0 Å². The van der Waals surface area contributed by atoms with Gasteiger partial charge in [-0.15, -0.1) is 0 Å². The third-order valence-electron chi connectivity index (χ3n) is 8.39. The van der Waals surface area contributed by atoms with Crippen molar-refractivity contribution in [2.45, 2.75) is 43.9 Å². The molecule has 0 radical (unpaired) electrons. The summed E-state index contributed by atoms with van der Waals surface area (Å²) < 4.78 is 5.79. The number of anilines is 1. The maximum atomic E-state index is 14.1. The number of aliphatic hydroxyl groups excluding tert-OH is 2. The van der Waals surface area contributed by atoms with Gasteiger partial charge in [0.1, 0.15) is 23.2 Å². The number of aliphatic hydroxyl groups is 3. The first-order chi connectivity index (χ1) is 20.0. The average molecular weight is 601 g/mol. The monoisotopic (exact) mass is 600 g/mol. The van der Waals surface area contributed by atoms with Crippen molar-refractivity contribution in [1.29, 1.82) is 0 Å². The fourth-order valence-electron chi connectivity index (χ4n) is 6.55. The van der Waals surface area contributed by atoms with Gasteiger partial charge in [-0.05, 0) is 45.7 Å². The normalized spacial score (nSPS) is 28.4. The summed E-state index contributed by atoms with van der Waals surface area (Å²) in [5.41, 5.74) is 0.778. The molecule has 0 saturated heterocycles. The zero-order valence-electron chi connectivity index (χ0n) is 24.7. The molecule has 2 amide bonds. The van der Waals surface area contributed by atoms with Gasteiger partial charge in [0.2, 0.25) is 11.7 Å². The SMILES string of the molecule is CCC(=O)OC1C2C(=C(O)C3(O)C(=O)C(C(N)=O)=C(O)C(N(C)C)C13)C(=O)c1c(ccc(NC(=O)CN(C)C)c1O)C2C. The molecule has 0 heterocycles. The Labute approximate surface area is 247 Å². The summed E-state index contributed by atoms with van der Waals surface area (Å²) in [6, 6.07) is 1.55. The number of carbonyl (C=O) groups excluding carboxylic acids is 5. The van der Waals surface area contributed by atoms with Crippen LogP contribution in [0.5, 0.6) is 5.75 Å². The number of fused-ring (bicyclic) bond motifs is 3. The number of benzene rings is 1. The number of carbonyl (C=O) groups is 5. The number of ether oxygens (including phenoxy) is 1. The van der Waals surface area contributed by atoms with Crippen LogP contribution in [0.15, 0.2) is 34.8 Å². The summed E-state index contributed by atoms with van der Waals surface area (Å²) in [6.07, 6.45) is -1.60. The molecule has 7 N–H and O–H groups in total. The fraction of sp³-hybridized carbons (Fsp3) is 0.483. The Hall–Kier alpha value is -4.27. The molecule has 6 atom stereocenters. The molecule has 0 fully saturated rings. The number of amides is 2. The van der Waals surface area contributed by atoms with Crippen molar-refractivity contribution < 1.29 is 49.1 Å². The highest BCUT2D eigenvalue weighted by molar-refractivity contribution is 6.25. The lowest BCUT2D eigenvalue weighted by Gasteiger charge is -2.54. The van der Waals surface area contributed by atoms with Crippen LogP contribution < -0.4 is 11.1 Å². The number of nitrogens with one attached hydrogen (secondary N) is 1. The van der Waals surface area contributed by atoms with Crippen LogP contribution in [0.4, 0.5) is 5.69 Å². The highest BCUT2D eigenvalue weighted by Gasteiger charge is 2.68. The molecule has 0 aliphatic heterocycles. The van der Waals surface area contributed by atoms with Crippen LogP contribution in [-0.4, -0.2) is 112 Å². The van der Waals surface area contributed by atoms with E-state index in [0.717, 1.165) is 0 Å². The number of rotatable bonds is 7. The van der Waals surface area contributed by atoms with Crippen molar-refractivity contribution >= 4 is 35.0 Å². The fourth-order valence-corrected chi connectivity index (χ4v) is 6.55. The van der Waals surface area contributed by atoms with Crippen LogP contribution in [-0.2, 0) is 23.9 Å². The number of nitrogens with two attached hydrogens (primary N) is 1. The second-order valence-electron chi connectivity index (χ2n) is 11.6. The summed E-state index contributed by atoms with van der Waals surface area (Å²) in [6.45, 7) is 3.13. The van der Waals surface area contributed by atoms with Crippen molar-refractivity contribution in [3.05, 3.63) is 45.9 Å². The number of hydrogen-bond acceptors (Lipinski definition) is 12. The second kappa shape index (κ2) is 11.1. The molecule has 0 saturated carbocycles. The molecule has 0 bridgehead atoms. The molecular formula is C29H36N4O10. The van der Waals surface area contributed by atoms with Crippen LogP contribution in [0.3, 0.4) is 0 Å². The summed E-state index contributed by atoms with van der Waals surface area (Å²) in [5, 5.41) is 48.5. The van der Waals surface area contributed by atoms with Gasteiger partial charge in [0.05, 0.1) is 29.8 Å². The van der Waals surface area contributed by atoms with Crippen LogP contribution in [0.2, 0.25) is 0 Å². The largest absolute Gasteiger partial charge is 0.510 e. The number of phenols is 1. The number of esters is 1. The van der Waals surface area contributed by atoms with E-state index in [1.165, 1.54) is 38.1 Å². The highest BCUT2D eigenvalue weighted by Crippen LogP contribution is 2.56. The van der Waals surface area contributed by atoms with E-state index < -0.39 is 93.3 Å². The molecule has 232 valence electrons. The lowest BCUT2D eigenvalue weighted by Crippen LogP contribution is -2.69. The Balaban J connectivity index is 2.01. The van der Waals surface area contributed by atoms with Crippen molar-refractivity contribution in [3.8, 4) is 5.75 Å². The minimum absolute atomic E-state index is 0.0223. The molecule has 14 nitrogen and oxygen atoms in total. The number of Topliss-reactive ketones (excluding diaryl/α,β-unsaturated/α-hetero) is 2. The standard InChI is InChI=1S/C29H36N4O10/c1-7-15(35)43-25-16-11(2)12-8-9-13(31-14(34)10-32(3)4)22(36)17(12)23(37)18(16)26(39)29(42)20(25)21(33(5)6)24(38)19(27(29)40)28(30)41/h8-9,11,16,20-21,25,36,38-39,42H,7,10H2,1-6H3,(H2,30,41)(H,31,34). The summed E-state index contributed by atoms with van der Waals surface area (Å²) in [4.78, 5) is 68.3. The molecule has 14 heteroatoms. The molecule has 1 aromatic carbocycles. The molecule has 6 unspecified atom stereocenters. The molecule has 0 spiro atoms. The van der Waals surface area contributed by atoms with Gasteiger partial charge in [0, 0.05) is 17.9 Å². The quantitative estimate of drug-likeness (QED) is 0.140. The lowest BCUT2D eigenvalue weighted by atomic mass is 9.55. The van der Waals surface area contributed by atoms with Gasteiger partial charge < -0.3 is 41.1 Å². The van der Waals surface area contributed by atoms with E-state index in [-0.39, 0.29) is 24.2 Å². The molecule has 0 aromatic heterocycles. The van der Waals surface area contributed by atoms with Crippen LogP contribution in [0.25, 0.3) is 0 Å². The minimum atomic E-state index is -3.03. The lowest BCUT2D eigenvalue weighted by molar-refractivity contribution is -0.180. The molecule has 4 rings (SSSR count). The minimum Gasteiger partial charge on any atom is -0.510 e. The Kier molecular flexibility index (Phi) is 8.17. The van der Waals surface area contributed by atoms with E-state index in [9.17, 15) is 44.4 Å². The van der Waals surface area contributed by atoms with Gasteiger partial charge in [-0.25, -0.2) is 0 Å². The number of ketones is 2. The maximum Gasteiger partial charge on any atom is 0.305 e. The summed E-state index contributed by atoms with van der Waals surface area (Å²) >= 11 is 0. The van der Waals surface area contributed by atoms with E-state index >= 15 is 0 Å². The van der Waals surface area contributed by atoms with E-state index in [1.807, 2.05) is 0 Å². The molecule has 3 aliphatic rings. The first kappa shape index (κ1) is 31.7. The number of primary amides is 1. The van der Waals surface area contributed by atoms with Crippen molar-refractivity contribution in [2.24, 2.45) is 17.6 Å². The van der Waals surface area contributed by atoms with E-state index in [2.05, 4.69) is 5.32 Å². The van der Waals surface area contributed by atoms with Gasteiger partial charge in [-0.3, -0.25) is 28.9 Å². The molecular weight excluding hydrogens is 564 g/mol. The number of nitrogens with zero attached hydrogens (tertiary/aromatic N) is 2. The molecule has 3 aliphatic carbocycles. The van der Waals surface area contributed by atoms with Crippen molar-refractivity contribution in [1.82, 2.24) is 9.80 Å². The molecule has 43 heavy (non-hydrogen) atoms. The average Bonchev–Trinajstić information content (AvgIpc) is 2.90. The number of aromatic hydroxyl groups is 1. The van der Waals surface area contributed by atoms with Gasteiger partial charge in [0.25, 0.3) is 5.91 Å². The van der Waals surface area contributed by atoms with Crippen molar-refractivity contribution in [2.75, 3.05) is 40.1 Å². The summed E-state index contributed by atoms with van der Waals surface area (Å²) in [7, 11) is 6.28. The predicted molar refractivity (Wildman–Crippen MR) is 151 cm³/mol. The first-order valence-corrected chi connectivity index (χ1v) is 13.6. The van der Waals surface area contributed by atoms with E-state index in [0.29, 0.717) is 5.56 Å². The number of hydrogen-bond donors (Lipinski definition) is 6. The van der Waals surface area contributed by atoms with Crippen molar-refractivity contribution in [3.63, 3.8) is 0 Å². The topological polar surface area (TPSA) is 220 Å². The second-order valence-corrected chi connectivity index (χ2v) is 11.6. The van der Waals surface area contributed by atoms with E-state index in [4.69, 9.17) is 10.5 Å². The van der Waals surface area contributed by atoms with Gasteiger partial charge in [-0.1, -0.05) is 19.9 Å². The zero-order chi connectivity index (χ0) is 32.3. The zero-order valence-corrected chi connectivity index (χ0v) is 24.7. The van der Waals surface area contributed by atoms with Crippen LogP contribution in [0, 0.1) is 11.8 Å². The smallest absolute Gasteiger partial charge is 0.305 e. The third kappa shape index (κ3) is 4.75. The summed E-state index contributed by atoms with van der Waals surface area (Å²) in [5.74, 6) is -11.1. The highest BCUT2D eigenvalue weighted by atomic mass is 16.5. The first-order valence-electron chi connectivity index (χ1n) is 13.6. The van der Waals surface area contributed by atoms with Crippen LogP contribution in [0.1, 0.15) is 42.1 Å². The number of likely N-dealkylation sites (N-methyl/N-ethyl adjacent to an activating group) is 2. The molecule has 1 aromatic rings. The number of phenolic OH excluding ortho intramolecular Hbond substituents is 1. The third-order valence-corrected chi connectivity index (χ3v) is 8.39.